The Bertz CT molecular complexity index is 819. The lowest BCUT2D eigenvalue weighted by atomic mass is 10.1. The first-order valence-electron chi connectivity index (χ1n) is 10.4. The van der Waals surface area contributed by atoms with Gasteiger partial charge in [-0.2, -0.15) is 0 Å². The van der Waals surface area contributed by atoms with Crippen molar-refractivity contribution in [3.63, 3.8) is 0 Å². The highest BCUT2D eigenvalue weighted by Gasteiger charge is 2.21. The second-order valence-electron chi connectivity index (χ2n) is 7.95. The molecule has 1 aromatic carbocycles. The van der Waals surface area contributed by atoms with E-state index >= 15 is 0 Å². The zero-order valence-corrected chi connectivity index (χ0v) is 17.0. The summed E-state index contributed by atoms with van der Waals surface area (Å²) >= 11 is 0. The number of pyridine rings is 1. The van der Waals surface area contributed by atoms with E-state index in [-0.39, 0.29) is 5.91 Å². The first-order chi connectivity index (χ1) is 13.6. The lowest BCUT2D eigenvalue weighted by Gasteiger charge is -2.38. The van der Waals surface area contributed by atoms with Crippen molar-refractivity contribution in [2.24, 2.45) is 0 Å². The molecule has 3 heterocycles. The van der Waals surface area contributed by atoms with Gasteiger partial charge in [0.25, 0.3) is 5.91 Å². The molecule has 2 saturated heterocycles. The second-order valence-corrected chi connectivity index (χ2v) is 7.95. The van der Waals surface area contributed by atoms with Gasteiger partial charge in [0.1, 0.15) is 5.69 Å². The molecular formula is C23H30N4O. The fourth-order valence-corrected chi connectivity index (χ4v) is 4.24. The van der Waals surface area contributed by atoms with Crippen LogP contribution in [0.2, 0.25) is 0 Å². The van der Waals surface area contributed by atoms with Crippen LogP contribution in [0.5, 0.6) is 0 Å². The van der Waals surface area contributed by atoms with Crippen molar-refractivity contribution in [2.45, 2.75) is 33.1 Å². The monoisotopic (exact) mass is 378 g/mol. The summed E-state index contributed by atoms with van der Waals surface area (Å²) in [6.07, 6.45) is 5.30. The highest BCUT2D eigenvalue weighted by atomic mass is 16.2. The molecule has 0 radical (unpaired) electrons. The predicted molar refractivity (Wildman–Crippen MR) is 114 cm³/mol. The first-order valence-corrected chi connectivity index (χ1v) is 10.4. The summed E-state index contributed by atoms with van der Waals surface area (Å²) in [6, 6.07) is 10.5. The molecule has 28 heavy (non-hydrogen) atoms. The highest BCUT2D eigenvalue weighted by Crippen LogP contribution is 2.25. The van der Waals surface area contributed by atoms with Gasteiger partial charge in [-0.25, -0.2) is 4.98 Å². The smallest absolute Gasteiger partial charge is 0.272 e. The normalized spacial score (nSPS) is 17.7. The number of piperazine rings is 1. The number of piperidine rings is 1. The molecule has 0 bridgehead atoms. The molecule has 4 rings (SSSR count). The fourth-order valence-electron chi connectivity index (χ4n) is 4.24. The fraction of sp³-hybridized carbons (Fsp3) is 0.478. The van der Waals surface area contributed by atoms with E-state index in [0.717, 1.165) is 57.8 Å². The lowest BCUT2D eigenvalue weighted by Crippen LogP contribution is -2.46. The number of anilines is 2. The zero-order valence-electron chi connectivity index (χ0n) is 17.0. The number of nitrogens with zero attached hydrogens (tertiary/aromatic N) is 4. The van der Waals surface area contributed by atoms with E-state index in [1.165, 1.54) is 23.2 Å². The van der Waals surface area contributed by atoms with E-state index in [4.69, 9.17) is 0 Å². The lowest BCUT2D eigenvalue weighted by molar-refractivity contribution is 0.0718. The minimum Gasteiger partial charge on any atom is -0.368 e. The van der Waals surface area contributed by atoms with Crippen molar-refractivity contribution in [3.05, 3.63) is 53.3 Å². The Hall–Kier alpha value is -2.56. The third-order valence-electron chi connectivity index (χ3n) is 6.17. The van der Waals surface area contributed by atoms with Crippen LogP contribution in [0.1, 0.15) is 40.9 Å². The highest BCUT2D eigenvalue weighted by molar-refractivity contribution is 5.92. The summed E-state index contributed by atoms with van der Waals surface area (Å²) < 4.78 is 0. The van der Waals surface area contributed by atoms with E-state index in [1.807, 2.05) is 17.2 Å². The standard InChI is InChI=1S/C23H30N4O/c1-18-7-6-8-22(19(18)2)26-15-13-25(14-16-26)20-9-10-21(24-17-20)23(28)27-11-4-3-5-12-27/h6-10,17H,3-5,11-16H2,1-2H3. The number of carbonyl (C=O) groups is 1. The minimum absolute atomic E-state index is 0.0750. The second kappa shape index (κ2) is 8.21. The molecule has 2 aliphatic heterocycles. The van der Waals surface area contributed by atoms with Crippen LogP contribution in [0.25, 0.3) is 0 Å². The molecular weight excluding hydrogens is 348 g/mol. The van der Waals surface area contributed by atoms with E-state index in [0.29, 0.717) is 5.69 Å². The molecule has 0 atom stereocenters. The van der Waals surface area contributed by atoms with Crippen LogP contribution in [0.15, 0.2) is 36.5 Å². The van der Waals surface area contributed by atoms with E-state index in [2.05, 4.69) is 52.9 Å². The number of rotatable bonds is 3. The van der Waals surface area contributed by atoms with Gasteiger partial charge in [-0.3, -0.25) is 4.79 Å². The van der Waals surface area contributed by atoms with Crippen molar-refractivity contribution in [2.75, 3.05) is 49.1 Å². The summed E-state index contributed by atoms with van der Waals surface area (Å²) in [5.41, 5.74) is 5.74. The number of aryl methyl sites for hydroxylation is 1. The number of hydrogen-bond acceptors (Lipinski definition) is 4. The average molecular weight is 379 g/mol. The summed E-state index contributed by atoms with van der Waals surface area (Å²) in [7, 11) is 0. The maximum absolute atomic E-state index is 12.6. The van der Waals surface area contributed by atoms with Crippen molar-refractivity contribution >= 4 is 17.3 Å². The summed E-state index contributed by atoms with van der Waals surface area (Å²) in [5, 5.41) is 0. The van der Waals surface area contributed by atoms with E-state index < -0.39 is 0 Å². The van der Waals surface area contributed by atoms with E-state index in [9.17, 15) is 4.79 Å². The summed E-state index contributed by atoms with van der Waals surface area (Å²) in [6.45, 7) is 10.0. The third-order valence-corrected chi connectivity index (χ3v) is 6.17. The van der Waals surface area contributed by atoms with Gasteiger partial charge in [-0.15, -0.1) is 0 Å². The van der Waals surface area contributed by atoms with Gasteiger partial charge in [-0.1, -0.05) is 12.1 Å². The molecule has 0 saturated carbocycles. The SMILES string of the molecule is Cc1cccc(N2CCN(c3ccc(C(=O)N4CCCCC4)nc3)CC2)c1C. The predicted octanol–water partition coefficient (Wildman–Crippen LogP) is 3.65. The van der Waals surface area contributed by atoms with Gasteiger partial charge in [0, 0.05) is 45.0 Å². The zero-order chi connectivity index (χ0) is 19.5. The van der Waals surface area contributed by atoms with Gasteiger partial charge in [-0.05, 0) is 62.4 Å². The number of carbonyl (C=O) groups excluding carboxylic acids is 1. The van der Waals surface area contributed by atoms with Gasteiger partial charge in [0.15, 0.2) is 0 Å². The molecule has 2 aromatic rings. The molecule has 1 aromatic heterocycles. The Morgan fingerprint density at radius 1 is 0.857 bits per heavy atom. The Kier molecular flexibility index (Phi) is 5.51. The number of aromatic nitrogens is 1. The van der Waals surface area contributed by atoms with Crippen LogP contribution in [-0.2, 0) is 0 Å². The molecule has 0 aliphatic carbocycles. The first kappa shape index (κ1) is 18.8. The van der Waals surface area contributed by atoms with Crippen LogP contribution in [0, 0.1) is 13.8 Å². The third kappa shape index (κ3) is 3.84. The molecule has 0 unspecified atom stereocenters. The largest absolute Gasteiger partial charge is 0.368 e. The molecule has 0 spiro atoms. The Labute approximate surface area is 168 Å². The molecule has 5 heteroatoms. The number of amides is 1. The maximum Gasteiger partial charge on any atom is 0.272 e. The van der Waals surface area contributed by atoms with Crippen molar-refractivity contribution in [1.82, 2.24) is 9.88 Å². The van der Waals surface area contributed by atoms with E-state index in [1.54, 1.807) is 0 Å². The molecule has 1 amide bonds. The number of benzene rings is 1. The summed E-state index contributed by atoms with van der Waals surface area (Å²) in [5.74, 6) is 0.0750. The molecule has 2 aliphatic rings. The van der Waals surface area contributed by atoms with Crippen LogP contribution < -0.4 is 9.80 Å². The molecule has 148 valence electrons. The van der Waals surface area contributed by atoms with Gasteiger partial charge < -0.3 is 14.7 Å². The molecule has 0 N–H and O–H groups in total. The van der Waals surface area contributed by atoms with Gasteiger partial charge in [0.2, 0.25) is 0 Å². The summed E-state index contributed by atoms with van der Waals surface area (Å²) in [4.78, 5) is 23.9. The van der Waals surface area contributed by atoms with Crippen LogP contribution in [-0.4, -0.2) is 55.1 Å². The maximum atomic E-state index is 12.6. The average Bonchev–Trinajstić information content (AvgIpc) is 2.76. The quantitative estimate of drug-likeness (QED) is 0.817. The van der Waals surface area contributed by atoms with Crippen LogP contribution in [0.4, 0.5) is 11.4 Å². The van der Waals surface area contributed by atoms with Crippen LogP contribution in [0.3, 0.4) is 0 Å². The number of likely N-dealkylation sites (tertiary alicyclic amines) is 1. The van der Waals surface area contributed by atoms with Crippen LogP contribution >= 0.6 is 0 Å². The van der Waals surface area contributed by atoms with Crippen molar-refractivity contribution < 1.29 is 4.79 Å². The minimum atomic E-state index is 0.0750. The Morgan fingerprint density at radius 3 is 2.25 bits per heavy atom. The Morgan fingerprint density at radius 2 is 1.57 bits per heavy atom. The number of hydrogen-bond donors (Lipinski definition) is 0. The topological polar surface area (TPSA) is 39.7 Å². The Balaban J connectivity index is 1.38. The van der Waals surface area contributed by atoms with Gasteiger partial charge >= 0.3 is 0 Å². The molecule has 2 fully saturated rings. The van der Waals surface area contributed by atoms with Crippen molar-refractivity contribution in [1.29, 1.82) is 0 Å². The van der Waals surface area contributed by atoms with Crippen molar-refractivity contribution in [3.8, 4) is 0 Å². The van der Waals surface area contributed by atoms with Gasteiger partial charge in [0.05, 0.1) is 11.9 Å². The molecule has 5 nitrogen and oxygen atoms in total.